The molecule has 0 aliphatic carbocycles. The van der Waals surface area contributed by atoms with Gasteiger partial charge in [0.1, 0.15) is 23.1 Å². The molecule has 16 nitrogen and oxygen atoms in total. The number of carboxylic acid groups (broad SMARTS) is 2. The molecule has 2 aromatic heterocycles. The molecule has 0 saturated heterocycles. The average Bonchev–Trinajstić information content (AvgIpc) is 1.71. The fourth-order valence-corrected chi connectivity index (χ4v) is 10.5. The maximum atomic E-state index is 14.1. The molecule has 4 atom stereocenters. The number of aromatic nitrogens is 2. The van der Waals surface area contributed by atoms with Gasteiger partial charge in [0, 0.05) is 60.4 Å². The van der Waals surface area contributed by atoms with E-state index in [4.69, 9.17) is 0 Å². The number of carbonyl (C=O) groups excluding carboxylic acids is 4. The zero-order valence-corrected chi connectivity index (χ0v) is 49.8. The van der Waals surface area contributed by atoms with Crippen molar-refractivity contribution in [2.75, 3.05) is 10.6 Å². The van der Waals surface area contributed by atoms with Gasteiger partial charge in [-0.3, -0.25) is 9.59 Å². The molecule has 6 aromatic carbocycles. The number of rotatable bonds is 24. The van der Waals surface area contributed by atoms with Crippen LogP contribution >= 0.6 is 0 Å². The van der Waals surface area contributed by atoms with E-state index >= 15 is 0 Å². The first-order valence-corrected chi connectivity index (χ1v) is 27.6. The minimum atomic E-state index is -1.41. The summed E-state index contributed by atoms with van der Waals surface area (Å²) in [5.41, 5.74) is 7.77. The number of hydrogen-bond acceptors (Lipinski definition) is 12. The topological polar surface area (TPSA) is 270 Å². The number of aliphatic hydroxyl groups is 4. The second-order valence-corrected chi connectivity index (χ2v) is 21.1. The molecule has 2 amide bonds. The van der Waals surface area contributed by atoms with Crippen LogP contribution in [0.15, 0.2) is 158 Å². The Morgan fingerprint density at radius 1 is 0.459 bits per heavy atom. The normalized spacial score (nSPS) is 12.6. The van der Waals surface area contributed by atoms with Crippen LogP contribution in [-0.2, 0) is 22.7 Å². The van der Waals surface area contributed by atoms with E-state index in [1.807, 2.05) is 97.5 Å². The van der Waals surface area contributed by atoms with E-state index in [0.717, 1.165) is 11.1 Å². The second kappa shape index (κ2) is 30.9. The number of halogens is 2. The van der Waals surface area contributed by atoms with E-state index in [-0.39, 0.29) is 111 Å². The summed E-state index contributed by atoms with van der Waals surface area (Å²) in [7, 11) is 0. The van der Waals surface area contributed by atoms with Crippen molar-refractivity contribution in [1.29, 1.82) is 0 Å². The molecule has 0 unspecified atom stereocenters. The van der Waals surface area contributed by atoms with E-state index in [1.165, 1.54) is 36.4 Å². The van der Waals surface area contributed by atoms with Crippen LogP contribution in [0.2, 0.25) is 0 Å². The Labute approximate surface area is 521 Å². The number of aromatic hydroxyl groups is 2. The monoisotopic (exact) mass is 1190 g/mol. The summed E-state index contributed by atoms with van der Waals surface area (Å²) in [6.45, 7) is 8.17. The van der Waals surface area contributed by atoms with Gasteiger partial charge in [0.25, 0.3) is 11.8 Å². The van der Waals surface area contributed by atoms with Crippen LogP contribution in [0.1, 0.15) is 110 Å². The van der Waals surface area contributed by atoms with Crippen molar-refractivity contribution in [2.45, 2.75) is 116 Å². The Morgan fingerprint density at radius 3 is 1.08 bits per heavy atom. The van der Waals surface area contributed by atoms with Gasteiger partial charge < -0.3 is 70.2 Å². The van der Waals surface area contributed by atoms with Gasteiger partial charge in [0.05, 0.1) is 58.3 Å². The molecule has 0 radical (unpaired) electrons. The van der Waals surface area contributed by atoms with E-state index in [9.17, 15) is 68.8 Å². The Kier molecular flexibility index (Phi) is 24.2. The summed E-state index contributed by atoms with van der Waals surface area (Å²) in [5, 5.41) is 89.6. The quantitative estimate of drug-likeness (QED) is 0.0208. The molecule has 8 N–H and O–H groups in total. The molecule has 0 spiro atoms. The molecule has 440 valence electrons. The minimum Gasteiger partial charge on any atom is -0.550 e. The van der Waals surface area contributed by atoms with Gasteiger partial charge in [-0.1, -0.05) is 113 Å². The first-order chi connectivity index (χ1) is 40.1. The number of anilines is 2. The summed E-state index contributed by atoms with van der Waals surface area (Å²) in [6.07, 6.45) is -5.84. The molecule has 19 heteroatoms. The summed E-state index contributed by atoms with van der Waals surface area (Å²) in [6, 6.07) is 43.3. The van der Waals surface area contributed by atoms with Crippen molar-refractivity contribution in [3.8, 4) is 56.3 Å². The largest absolute Gasteiger partial charge is 2.00 e. The summed E-state index contributed by atoms with van der Waals surface area (Å²) in [5.74, 6) is -5.11. The fraction of sp³-hybridized carbons (Fsp3) is 0.273. The molecular weight excluding hydrogens is 1120 g/mol. The average molecular weight is 1190 g/mol. The molecular formula is C66H68CaF2N4O12. The van der Waals surface area contributed by atoms with Crippen molar-refractivity contribution in [2.24, 2.45) is 0 Å². The molecule has 0 aliphatic rings. The number of nitrogens with zero attached hydrogens (tertiary/aromatic N) is 2. The van der Waals surface area contributed by atoms with Crippen molar-refractivity contribution in [3.05, 3.63) is 192 Å². The van der Waals surface area contributed by atoms with E-state index in [1.54, 1.807) is 60.7 Å². The number of para-hydroxylation sites is 4. The van der Waals surface area contributed by atoms with E-state index in [0.29, 0.717) is 56.2 Å². The zero-order valence-electron chi connectivity index (χ0n) is 47.6. The second-order valence-electron chi connectivity index (χ2n) is 21.1. The van der Waals surface area contributed by atoms with Crippen LogP contribution in [0, 0.1) is 11.6 Å². The first kappa shape index (κ1) is 66.5. The molecule has 0 fully saturated rings. The first-order valence-electron chi connectivity index (χ1n) is 27.6. The fourth-order valence-electron chi connectivity index (χ4n) is 10.5. The van der Waals surface area contributed by atoms with Gasteiger partial charge in [-0.25, -0.2) is 8.78 Å². The van der Waals surface area contributed by atoms with Gasteiger partial charge in [-0.2, -0.15) is 0 Å². The summed E-state index contributed by atoms with van der Waals surface area (Å²) in [4.78, 5) is 49.9. The third-order valence-electron chi connectivity index (χ3n) is 14.1. The molecule has 0 bridgehead atoms. The zero-order chi connectivity index (χ0) is 60.8. The maximum absolute atomic E-state index is 14.1. The summed E-state index contributed by atoms with van der Waals surface area (Å²) < 4.78 is 31.9. The Bertz CT molecular complexity index is 3310. The Balaban J connectivity index is 0.000000269. The minimum absolute atomic E-state index is 0. The van der Waals surface area contributed by atoms with Crippen molar-refractivity contribution in [1.82, 2.24) is 9.13 Å². The number of carboxylic acids is 2. The molecule has 0 aliphatic heterocycles. The van der Waals surface area contributed by atoms with Crippen LogP contribution in [0.5, 0.6) is 11.5 Å². The molecule has 8 rings (SSSR count). The van der Waals surface area contributed by atoms with Crippen LogP contribution in [-0.4, -0.2) is 126 Å². The van der Waals surface area contributed by atoms with Crippen LogP contribution in [0.4, 0.5) is 20.2 Å². The SMILES string of the molecule is CC(C)c1c(C(=O)Nc2ccccc2O)c(-c2ccccc2)c(-c2ccc(F)cc2)n1CC[C@@H](O)C[C@@H](O)CC(=O)[O-].CC(C)c1c(C(=O)Nc2ccccc2O)c(-c2ccccc2)c(-c2ccc(F)cc2)n1CC[C@@H](O)C[C@@H](O)CC(=O)[O-].[Ca+2]. The smallest absolute Gasteiger partial charge is 0.550 e. The Hall–Kier alpha value is -7.68. The van der Waals surface area contributed by atoms with E-state index in [2.05, 4.69) is 10.6 Å². The van der Waals surface area contributed by atoms with Crippen LogP contribution < -0.4 is 20.8 Å². The molecule has 0 saturated carbocycles. The van der Waals surface area contributed by atoms with Crippen molar-refractivity contribution < 1.29 is 68.8 Å². The number of carbonyl (C=O) groups is 4. The number of phenols is 2. The Morgan fingerprint density at radius 2 is 0.776 bits per heavy atom. The predicted octanol–water partition coefficient (Wildman–Crippen LogP) is 8.99. The van der Waals surface area contributed by atoms with Gasteiger partial charge >= 0.3 is 37.7 Å². The van der Waals surface area contributed by atoms with Gasteiger partial charge in [0.2, 0.25) is 0 Å². The van der Waals surface area contributed by atoms with Crippen LogP contribution in [0.3, 0.4) is 0 Å². The van der Waals surface area contributed by atoms with E-state index < -0.39 is 72.6 Å². The molecule has 85 heavy (non-hydrogen) atoms. The number of phenolic OH excluding ortho intramolecular Hbond substituents is 2. The third-order valence-corrected chi connectivity index (χ3v) is 14.1. The number of amides is 2. The number of aliphatic hydroxyl groups excluding tert-OH is 4. The third kappa shape index (κ3) is 17.3. The van der Waals surface area contributed by atoms with Crippen molar-refractivity contribution >= 4 is 72.9 Å². The van der Waals surface area contributed by atoms with Gasteiger partial charge in [-0.05, 0) is 133 Å². The predicted molar refractivity (Wildman–Crippen MR) is 318 cm³/mol. The number of aliphatic carboxylic acids is 2. The number of hydrogen-bond donors (Lipinski definition) is 8. The van der Waals surface area contributed by atoms with Gasteiger partial charge in [-0.15, -0.1) is 0 Å². The number of benzene rings is 6. The standard InChI is InChI=1S/2C33H35FN2O6.Ca/c2*1-20(2)31-30(33(42)35-26-10-6-7-11-27(26)39)29(21-8-4-3-5-9-21)32(22-12-14-23(34)15-13-22)36(31)17-16-24(37)18-25(38)19-28(40)41;/h2*3-15,20,24-25,37-39H,16-19H2,1-2H3,(H,35,42)(H,40,41);/q;;+2/p-2/t2*24-,25-;/m11./s1. The maximum Gasteiger partial charge on any atom is 2.00 e. The molecule has 8 aromatic rings. The summed E-state index contributed by atoms with van der Waals surface area (Å²) >= 11 is 0. The molecule has 2 heterocycles. The van der Waals surface area contributed by atoms with Crippen molar-refractivity contribution in [3.63, 3.8) is 0 Å². The van der Waals surface area contributed by atoms with Gasteiger partial charge in [0.15, 0.2) is 0 Å². The van der Waals surface area contributed by atoms with Crippen LogP contribution in [0.25, 0.3) is 44.8 Å². The number of nitrogens with one attached hydrogen (secondary N) is 2.